The van der Waals surface area contributed by atoms with E-state index in [1.165, 1.54) is 12.8 Å². The van der Waals surface area contributed by atoms with Crippen LogP contribution in [0.4, 0.5) is 5.69 Å². The van der Waals surface area contributed by atoms with E-state index < -0.39 is 0 Å². The number of rotatable bonds is 2. The molecule has 2 heterocycles. The van der Waals surface area contributed by atoms with Crippen LogP contribution in [0.15, 0.2) is 23.0 Å². The van der Waals surface area contributed by atoms with E-state index >= 15 is 0 Å². The highest BCUT2D eigenvalue weighted by Gasteiger charge is 2.24. The molecule has 100 valence electrons. The first-order chi connectivity index (χ1) is 9.22. The minimum Gasteiger partial charge on any atom is -0.397 e. The van der Waals surface area contributed by atoms with Crippen LogP contribution in [0.3, 0.4) is 0 Å². The lowest BCUT2D eigenvalue weighted by Crippen LogP contribution is -2.12. The first-order valence-electron chi connectivity index (χ1n) is 6.77. The van der Waals surface area contributed by atoms with Gasteiger partial charge in [-0.05, 0) is 24.8 Å². The van der Waals surface area contributed by atoms with Crippen molar-refractivity contribution < 1.29 is 4.52 Å². The first kappa shape index (κ1) is 12.1. The molecule has 19 heavy (non-hydrogen) atoms. The highest BCUT2D eigenvalue weighted by Crippen LogP contribution is 2.35. The zero-order valence-corrected chi connectivity index (χ0v) is 11.0. The lowest BCUT2D eigenvalue weighted by molar-refractivity contribution is 0.324. The first-order valence-corrected chi connectivity index (χ1v) is 6.77. The van der Waals surface area contributed by atoms with Gasteiger partial charge in [-0.15, -0.1) is 0 Å². The van der Waals surface area contributed by atoms with Crippen LogP contribution in [-0.4, -0.2) is 15.1 Å². The van der Waals surface area contributed by atoms with Gasteiger partial charge in [0.15, 0.2) is 5.82 Å². The van der Waals surface area contributed by atoms with Crippen LogP contribution in [0.5, 0.6) is 0 Å². The Labute approximate surface area is 112 Å². The molecule has 2 N–H and O–H groups in total. The van der Waals surface area contributed by atoms with Gasteiger partial charge in [0, 0.05) is 18.3 Å². The Morgan fingerprint density at radius 2 is 2.21 bits per heavy atom. The summed E-state index contributed by atoms with van der Waals surface area (Å²) < 4.78 is 5.34. The van der Waals surface area contributed by atoms with E-state index in [4.69, 9.17) is 10.3 Å². The fourth-order valence-corrected chi connectivity index (χ4v) is 2.76. The highest BCUT2D eigenvalue weighted by molar-refractivity contribution is 5.57. The van der Waals surface area contributed by atoms with Crippen LogP contribution >= 0.6 is 0 Å². The van der Waals surface area contributed by atoms with E-state index in [0.29, 0.717) is 17.5 Å². The van der Waals surface area contributed by atoms with Crippen LogP contribution in [0.1, 0.15) is 44.3 Å². The predicted octanol–water partition coefficient (Wildman–Crippen LogP) is 3.01. The zero-order chi connectivity index (χ0) is 13.2. The molecule has 1 saturated carbocycles. The molecule has 1 aliphatic carbocycles. The van der Waals surface area contributed by atoms with Crippen molar-refractivity contribution in [2.24, 2.45) is 5.92 Å². The van der Waals surface area contributed by atoms with Gasteiger partial charge in [0.1, 0.15) is 0 Å². The van der Waals surface area contributed by atoms with Gasteiger partial charge in [-0.25, -0.2) is 0 Å². The summed E-state index contributed by atoms with van der Waals surface area (Å²) in [5.41, 5.74) is 7.09. The second-order valence-corrected chi connectivity index (χ2v) is 5.43. The molecule has 0 aliphatic heterocycles. The summed E-state index contributed by atoms with van der Waals surface area (Å²) in [5.74, 6) is 2.50. The number of nitrogens with zero attached hydrogens (tertiary/aromatic N) is 3. The van der Waals surface area contributed by atoms with Crippen molar-refractivity contribution >= 4 is 5.69 Å². The standard InChI is InChI=1S/C14H18N4O/c1-9-3-2-4-10(5-9)13-17-14(19-18-13)11-6-12(15)8-16-7-11/h6-10H,2-5,15H2,1H3. The molecule has 0 radical (unpaired) electrons. The van der Waals surface area contributed by atoms with Gasteiger partial charge in [-0.2, -0.15) is 4.98 Å². The molecule has 2 atom stereocenters. The van der Waals surface area contributed by atoms with Crippen molar-refractivity contribution in [3.8, 4) is 11.5 Å². The third-order valence-corrected chi connectivity index (χ3v) is 3.75. The van der Waals surface area contributed by atoms with Gasteiger partial charge in [-0.1, -0.05) is 24.9 Å². The number of nitrogen functional groups attached to an aromatic ring is 1. The summed E-state index contributed by atoms with van der Waals surface area (Å²) >= 11 is 0. The van der Waals surface area contributed by atoms with Crippen LogP contribution < -0.4 is 5.73 Å². The number of nitrogens with two attached hydrogens (primary N) is 1. The Morgan fingerprint density at radius 1 is 1.32 bits per heavy atom. The molecule has 0 bridgehead atoms. The lowest BCUT2D eigenvalue weighted by Gasteiger charge is -2.23. The monoisotopic (exact) mass is 258 g/mol. The zero-order valence-electron chi connectivity index (χ0n) is 11.0. The molecular weight excluding hydrogens is 240 g/mol. The third kappa shape index (κ3) is 2.59. The van der Waals surface area contributed by atoms with Gasteiger partial charge in [-0.3, -0.25) is 4.98 Å². The van der Waals surface area contributed by atoms with Gasteiger partial charge < -0.3 is 10.3 Å². The SMILES string of the molecule is CC1CCCC(c2noc(-c3cncc(N)c3)n2)C1. The number of pyridine rings is 1. The largest absolute Gasteiger partial charge is 0.397 e. The van der Waals surface area contributed by atoms with Crippen molar-refractivity contribution in [1.82, 2.24) is 15.1 Å². The smallest absolute Gasteiger partial charge is 0.259 e. The summed E-state index contributed by atoms with van der Waals surface area (Å²) in [6.45, 7) is 2.29. The van der Waals surface area contributed by atoms with Crippen molar-refractivity contribution in [3.63, 3.8) is 0 Å². The number of hydrogen-bond acceptors (Lipinski definition) is 5. The maximum atomic E-state index is 5.71. The molecule has 1 aliphatic rings. The van der Waals surface area contributed by atoms with Crippen molar-refractivity contribution in [1.29, 1.82) is 0 Å². The quantitative estimate of drug-likeness (QED) is 0.895. The van der Waals surface area contributed by atoms with Gasteiger partial charge in [0.2, 0.25) is 0 Å². The summed E-state index contributed by atoms with van der Waals surface area (Å²) in [7, 11) is 0. The Bertz CT molecular complexity index is 566. The predicted molar refractivity (Wildman–Crippen MR) is 72.3 cm³/mol. The molecule has 5 heteroatoms. The summed E-state index contributed by atoms with van der Waals surface area (Å²) in [4.78, 5) is 8.55. The van der Waals surface area contributed by atoms with E-state index in [1.54, 1.807) is 18.5 Å². The van der Waals surface area contributed by atoms with Crippen LogP contribution in [0, 0.1) is 5.92 Å². The van der Waals surface area contributed by atoms with Crippen molar-refractivity contribution in [2.75, 3.05) is 5.73 Å². The minimum absolute atomic E-state index is 0.426. The van der Waals surface area contributed by atoms with Gasteiger partial charge in [0.25, 0.3) is 5.89 Å². The second-order valence-electron chi connectivity index (χ2n) is 5.43. The van der Waals surface area contributed by atoms with Crippen molar-refractivity contribution in [3.05, 3.63) is 24.3 Å². The number of hydrogen-bond donors (Lipinski definition) is 1. The van der Waals surface area contributed by atoms with E-state index in [9.17, 15) is 0 Å². The Hall–Kier alpha value is -1.91. The molecule has 1 fully saturated rings. The summed E-state index contributed by atoms with van der Waals surface area (Å²) in [5, 5.41) is 4.13. The molecule has 0 spiro atoms. The lowest BCUT2D eigenvalue weighted by atomic mass is 9.82. The van der Waals surface area contributed by atoms with Crippen LogP contribution in [0.25, 0.3) is 11.5 Å². The molecule has 2 unspecified atom stereocenters. The fourth-order valence-electron chi connectivity index (χ4n) is 2.76. The number of anilines is 1. The molecule has 0 saturated heterocycles. The van der Waals surface area contributed by atoms with E-state index in [2.05, 4.69) is 22.0 Å². The summed E-state index contributed by atoms with van der Waals surface area (Å²) in [6.07, 6.45) is 8.14. The average molecular weight is 258 g/mol. The Kier molecular flexibility index (Phi) is 3.19. The van der Waals surface area contributed by atoms with E-state index in [-0.39, 0.29) is 0 Å². The molecule has 2 aromatic heterocycles. The fraction of sp³-hybridized carbons (Fsp3) is 0.500. The second kappa shape index (κ2) is 4.99. The highest BCUT2D eigenvalue weighted by atomic mass is 16.5. The van der Waals surface area contributed by atoms with Crippen LogP contribution in [-0.2, 0) is 0 Å². The normalized spacial score (nSPS) is 23.4. The minimum atomic E-state index is 0.426. The third-order valence-electron chi connectivity index (χ3n) is 3.75. The molecule has 2 aromatic rings. The van der Waals surface area contributed by atoms with E-state index in [0.717, 1.165) is 30.1 Å². The maximum absolute atomic E-state index is 5.71. The van der Waals surface area contributed by atoms with Crippen LogP contribution in [0.2, 0.25) is 0 Å². The maximum Gasteiger partial charge on any atom is 0.259 e. The molecule has 0 aromatic carbocycles. The molecule has 5 nitrogen and oxygen atoms in total. The molecule has 0 amide bonds. The van der Waals surface area contributed by atoms with E-state index in [1.807, 2.05) is 0 Å². The molecule has 3 rings (SSSR count). The number of aromatic nitrogens is 3. The van der Waals surface area contributed by atoms with Crippen molar-refractivity contribution in [2.45, 2.75) is 38.5 Å². The van der Waals surface area contributed by atoms with Gasteiger partial charge in [0.05, 0.1) is 11.3 Å². The Balaban J connectivity index is 1.83. The summed E-state index contributed by atoms with van der Waals surface area (Å²) in [6, 6.07) is 1.80. The topological polar surface area (TPSA) is 77.8 Å². The Morgan fingerprint density at radius 3 is 3.00 bits per heavy atom. The van der Waals surface area contributed by atoms with Gasteiger partial charge >= 0.3 is 0 Å². The average Bonchev–Trinajstić information content (AvgIpc) is 2.88. The molecular formula is C14H18N4O.